The molecule has 1 aliphatic rings. The Kier molecular flexibility index (Phi) is 3.81. The van der Waals surface area contributed by atoms with E-state index in [1.165, 1.54) is 12.1 Å². The lowest BCUT2D eigenvalue weighted by Crippen LogP contribution is -2.28. The molecule has 0 saturated carbocycles. The summed E-state index contributed by atoms with van der Waals surface area (Å²) in [6.45, 7) is 0.498. The Bertz CT molecular complexity index is 718. The van der Waals surface area contributed by atoms with Crippen LogP contribution < -0.4 is 11.1 Å². The van der Waals surface area contributed by atoms with Crippen LogP contribution in [0.25, 0.3) is 0 Å². The van der Waals surface area contributed by atoms with Gasteiger partial charge in [-0.3, -0.25) is 4.79 Å². The first-order valence-corrected chi connectivity index (χ1v) is 7.13. The number of hydrogen-bond donors (Lipinski definition) is 3. The number of halogens is 1. The lowest BCUT2D eigenvalue weighted by atomic mass is 9.97. The zero-order valence-electron chi connectivity index (χ0n) is 11.9. The van der Waals surface area contributed by atoms with Crippen LogP contribution in [0, 0.1) is 5.82 Å². The Labute approximate surface area is 127 Å². The van der Waals surface area contributed by atoms with Gasteiger partial charge >= 0.3 is 0 Å². The highest BCUT2D eigenvalue weighted by atomic mass is 19.1. The normalized spacial score (nSPS) is 19.7. The average Bonchev–Trinajstić information content (AvgIpc) is 2.80. The molecule has 4 nitrogen and oxygen atoms in total. The summed E-state index contributed by atoms with van der Waals surface area (Å²) in [7, 11) is 0. The molecule has 114 valence electrons. The van der Waals surface area contributed by atoms with Crippen molar-refractivity contribution in [3.05, 3.63) is 65.0 Å². The van der Waals surface area contributed by atoms with Gasteiger partial charge < -0.3 is 16.2 Å². The second-order valence-electron chi connectivity index (χ2n) is 5.55. The predicted octanol–water partition coefficient (Wildman–Crippen LogP) is 1.92. The van der Waals surface area contributed by atoms with Crippen molar-refractivity contribution in [3.63, 3.8) is 0 Å². The standard InChI is InChI=1S/C17H17FN2O2/c18-12-2-1-3-13(8-12)20-9-10-4-5-11-7-15(21)16(17(19)22)14(11)6-10/h1-6,8,15-16,20-21H,7,9H2,(H2,19,22)/t15-,16-/m1/s1. The number of aliphatic hydroxyl groups excluding tert-OH is 1. The van der Waals surface area contributed by atoms with Gasteiger partial charge in [0, 0.05) is 12.2 Å². The molecule has 5 heteroatoms. The van der Waals surface area contributed by atoms with Crippen molar-refractivity contribution in [2.45, 2.75) is 25.0 Å². The third-order valence-electron chi connectivity index (χ3n) is 3.99. The number of nitrogens with one attached hydrogen (secondary N) is 1. The Morgan fingerprint density at radius 3 is 2.86 bits per heavy atom. The highest BCUT2D eigenvalue weighted by molar-refractivity contribution is 5.84. The van der Waals surface area contributed by atoms with Gasteiger partial charge in [0.15, 0.2) is 0 Å². The number of fused-ring (bicyclic) bond motifs is 1. The maximum absolute atomic E-state index is 13.1. The summed E-state index contributed by atoms with van der Waals surface area (Å²) in [5, 5.41) is 13.1. The van der Waals surface area contributed by atoms with Crippen LogP contribution in [0.1, 0.15) is 22.6 Å². The number of hydrogen-bond acceptors (Lipinski definition) is 3. The molecule has 0 heterocycles. The molecular weight excluding hydrogens is 283 g/mol. The summed E-state index contributed by atoms with van der Waals surface area (Å²) >= 11 is 0. The zero-order valence-corrected chi connectivity index (χ0v) is 11.9. The van der Waals surface area contributed by atoms with Crippen LogP contribution in [0.15, 0.2) is 42.5 Å². The van der Waals surface area contributed by atoms with Crippen molar-refractivity contribution >= 4 is 11.6 Å². The lowest BCUT2D eigenvalue weighted by Gasteiger charge is -2.13. The molecule has 0 radical (unpaired) electrons. The van der Waals surface area contributed by atoms with Gasteiger partial charge in [0.25, 0.3) is 0 Å². The average molecular weight is 300 g/mol. The third-order valence-corrected chi connectivity index (χ3v) is 3.99. The van der Waals surface area contributed by atoms with Crippen molar-refractivity contribution in [2.24, 2.45) is 5.73 Å². The minimum Gasteiger partial charge on any atom is -0.392 e. The fraction of sp³-hybridized carbons (Fsp3) is 0.235. The maximum atomic E-state index is 13.1. The third kappa shape index (κ3) is 2.80. The summed E-state index contributed by atoms with van der Waals surface area (Å²) in [5.74, 6) is -1.46. The van der Waals surface area contributed by atoms with Gasteiger partial charge in [-0.2, -0.15) is 0 Å². The second kappa shape index (κ2) is 5.77. The van der Waals surface area contributed by atoms with E-state index in [9.17, 15) is 14.3 Å². The quantitative estimate of drug-likeness (QED) is 0.807. The SMILES string of the molecule is NC(=O)[C@@H]1c2cc(CNc3cccc(F)c3)ccc2C[C@H]1O. The predicted molar refractivity (Wildman–Crippen MR) is 81.8 cm³/mol. The molecular formula is C17H17FN2O2. The molecule has 1 aliphatic carbocycles. The Morgan fingerprint density at radius 1 is 1.32 bits per heavy atom. The number of carbonyl (C=O) groups excluding carboxylic acids is 1. The molecule has 4 N–H and O–H groups in total. The number of benzene rings is 2. The highest BCUT2D eigenvalue weighted by Crippen LogP contribution is 2.34. The van der Waals surface area contributed by atoms with E-state index >= 15 is 0 Å². The van der Waals surface area contributed by atoms with Crippen molar-refractivity contribution < 1.29 is 14.3 Å². The number of nitrogens with two attached hydrogens (primary N) is 1. The number of amides is 1. The van der Waals surface area contributed by atoms with Crippen LogP contribution in [0.5, 0.6) is 0 Å². The molecule has 0 saturated heterocycles. The Balaban J connectivity index is 1.78. The van der Waals surface area contributed by atoms with Gasteiger partial charge in [-0.05, 0) is 41.3 Å². The molecule has 0 bridgehead atoms. The van der Waals surface area contributed by atoms with E-state index in [0.717, 1.165) is 16.7 Å². The summed E-state index contributed by atoms with van der Waals surface area (Å²) in [6, 6.07) is 12.0. The largest absolute Gasteiger partial charge is 0.392 e. The number of carbonyl (C=O) groups is 1. The van der Waals surface area contributed by atoms with Crippen LogP contribution in [0.3, 0.4) is 0 Å². The molecule has 2 atom stereocenters. The molecule has 22 heavy (non-hydrogen) atoms. The first kappa shape index (κ1) is 14.5. The zero-order chi connectivity index (χ0) is 15.7. The summed E-state index contributed by atoms with van der Waals surface area (Å²) in [6.07, 6.45) is -0.306. The fourth-order valence-corrected chi connectivity index (χ4v) is 2.93. The van der Waals surface area contributed by atoms with Crippen molar-refractivity contribution in [1.29, 1.82) is 0 Å². The van der Waals surface area contributed by atoms with Gasteiger partial charge in [-0.15, -0.1) is 0 Å². The fourth-order valence-electron chi connectivity index (χ4n) is 2.93. The smallest absolute Gasteiger partial charge is 0.227 e. The first-order chi connectivity index (χ1) is 10.5. The number of aliphatic hydroxyl groups is 1. The van der Waals surface area contributed by atoms with Crippen LogP contribution in [-0.2, 0) is 17.8 Å². The van der Waals surface area contributed by atoms with E-state index in [1.54, 1.807) is 12.1 Å². The van der Waals surface area contributed by atoms with Gasteiger partial charge in [0.1, 0.15) is 5.82 Å². The molecule has 2 aromatic carbocycles. The van der Waals surface area contributed by atoms with E-state index in [2.05, 4.69) is 5.32 Å². The van der Waals surface area contributed by atoms with E-state index in [0.29, 0.717) is 18.7 Å². The molecule has 0 unspecified atom stereocenters. The van der Waals surface area contributed by atoms with Gasteiger partial charge in [-0.1, -0.05) is 24.3 Å². The van der Waals surface area contributed by atoms with Crippen LogP contribution in [-0.4, -0.2) is 17.1 Å². The maximum Gasteiger partial charge on any atom is 0.227 e. The van der Waals surface area contributed by atoms with E-state index < -0.39 is 17.9 Å². The van der Waals surface area contributed by atoms with Crippen LogP contribution >= 0.6 is 0 Å². The molecule has 0 fully saturated rings. The molecule has 0 spiro atoms. The number of primary amides is 1. The minimum atomic E-state index is -0.751. The highest BCUT2D eigenvalue weighted by Gasteiger charge is 2.35. The monoisotopic (exact) mass is 300 g/mol. The second-order valence-corrected chi connectivity index (χ2v) is 5.55. The molecule has 3 rings (SSSR count). The molecule has 1 amide bonds. The summed E-state index contributed by atoms with van der Waals surface area (Å²) < 4.78 is 13.1. The van der Waals surface area contributed by atoms with Crippen LogP contribution in [0.4, 0.5) is 10.1 Å². The number of anilines is 1. The molecule has 2 aromatic rings. The summed E-state index contributed by atoms with van der Waals surface area (Å²) in [5.41, 5.74) is 8.75. The topological polar surface area (TPSA) is 75.4 Å². The molecule has 0 aromatic heterocycles. The van der Waals surface area contributed by atoms with E-state index in [1.807, 2.05) is 18.2 Å². The van der Waals surface area contributed by atoms with Gasteiger partial charge in [0.05, 0.1) is 12.0 Å². The van der Waals surface area contributed by atoms with Crippen molar-refractivity contribution in [3.8, 4) is 0 Å². The Hall–Kier alpha value is -2.40. The number of rotatable bonds is 4. The van der Waals surface area contributed by atoms with Gasteiger partial charge in [-0.25, -0.2) is 4.39 Å². The Morgan fingerprint density at radius 2 is 2.14 bits per heavy atom. The first-order valence-electron chi connectivity index (χ1n) is 7.13. The van der Waals surface area contributed by atoms with Crippen LogP contribution in [0.2, 0.25) is 0 Å². The van der Waals surface area contributed by atoms with E-state index in [-0.39, 0.29) is 5.82 Å². The summed E-state index contributed by atoms with van der Waals surface area (Å²) in [4.78, 5) is 11.5. The lowest BCUT2D eigenvalue weighted by molar-refractivity contribution is -0.121. The minimum absolute atomic E-state index is 0.295. The van der Waals surface area contributed by atoms with Gasteiger partial charge in [0.2, 0.25) is 5.91 Å². The van der Waals surface area contributed by atoms with Crippen molar-refractivity contribution in [1.82, 2.24) is 0 Å². The van der Waals surface area contributed by atoms with Crippen molar-refractivity contribution in [2.75, 3.05) is 5.32 Å². The molecule has 0 aliphatic heterocycles. The van der Waals surface area contributed by atoms with E-state index in [4.69, 9.17) is 5.73 Å².